The summed E-state index contributed by atoms with van der Waals surface area (Å²) < 4.78 is 11.5. The van der Waals surface area contributed by atoms with Gasteiger partial charge in [0.1, 0.15) is 24.2 Å². The van der Waals surface area contributed by atoms with Gasteiger partial charge in [-0.05, 0) is 23.8 Å². The minimum Gasteiger partial charge on any atom is -0.490 e. The normalized spacial score (nSPS) is 17.0. The second-order valence-electron chi connectivity index (χ2n) is 4.44. The Labute approximate surface area is 106 Å². The predicted molar refractivity (Wildman–Crippen MR) is 70.9 cm³/mol. The maximum atomic E-state index is 5.80. The van der Waals surface area contributed by atoms with Crippen LogP contribution in [0.4, 0.5) is 5.69 Å². The SMILES string of the molecule is Nc1cccc(OCC2Cc3ccccc3O2)c1. The lowest BCUT2D eigenvalue weighted by Crippen LogP contribution is -2.22. The summed E-state index contributed by atoms with van der Waals surface area (Å²) in [6.07, 6.45) is 0.988. The zero-order valence-corrected chi connectivity index (χ0v) is 10.0. The number of anilines is 1. The zero-order valence-electron chi connectivity index (χ0n) is 10.0. The fourth-order valence-electron chi connectivity index (χ4n) is 2.14. The first-order chi connectivity index (χ1) is 8.81. The molecule has 1 aliphatic rings. The van der Waals surface area contributed by atoms with Gasteiger partial charge < -0.3 is 15.2 Å². The zero-order chi connectivity index (χ0) is 12.4. The van der Waals surface area contributed by atoms with Gasteiger partial charge in [-0.1, -0.05) is 24.3 Å². The maximum Gasteiger partial charge on any atom is 0.137 e. The van der Waals surface area contributed by atoms with Crippen LogP contribution in [0.15, 0.2) is 48.5 Å². The summed E-state index contributed by atoms with van der Waals surface area (Å²) in [5.41, 5.74) is 7.66. The molecule has 1 atom stereocenters. The molecule has 0 bridgehead atoms. The molecule has 1 aliphatic heterocycles. The molecule has 0 radical (unpaired) electrons. The molecule has 0 aliphatic carbocycles. The van der Waals surface area contributed by atoms with Crippen molar-refractivity contribution >= 4 is 5.69 Å². The molecule has 18 heavy (non-hydrogen) atoms. The highest BCUT2D eigenvalue weighted by atomic mass is 16.5. The third-order valence-electron chi connectivity index (χ3n) is 3.01. The molecule has 0 saturated carbocycles. The first kappa shape index (κ1) is 11.0. The molecule has 3 heteroatoms. The Morgan fingerprint density at radius 1 is 1.17 bits per heavy atom. The molecular weight excluding hydrogens is 226 g/mol. The summed E-state index contributed by atoms with van der Waals surface area (Å²) in [7, 11) is 0. The summed E-state index contributed by atoms with van der Waals surface area (Å²) in [6.45, 7) is 0.540. The second-order valence-corrected chi connectivity index (χ2v) is 4.44. The van der Waals surface area contributed by atoms with Gasteiger partial charge in [-0.2, -0.15) is 0 Å². The number of ether oxygens (including phenoxy) is 2. The molecule has 0 spiro atoms. The monoisotopic (exact) mass is 241 g/mol. The Kier molecular flexibility index (Phi) is 2.81. The van der Waals surface area contributed by atoms with Crippen molar-refractivity contribution in [3.05, 3.63) is 54.1 Å². The molecule has 2 aromatic carbocycles. The Bertz CT molecular complexity index is 529. The standard InChI is InChI=1S/C15H15NO2/c16-12-5-3-6-13(9-12)17-10-14-8-11-4-1-2-7-15(11)18-14/h1-7,9,14H,8,10,16H2. The fourth-order valence-corrected chi connectivity index (χ4v) is 2.14. The van der Waals surface area contributed by atoms with Crippen molar-refractivity contribution in [2.75, 3.05) is 12.3 Å². The smallest absolute Gasteiger partial charge is 0.137 e. The Morgan fingerprint density at radius 3 is 2.89 bits per heavy atom. The summed E-state index contributed by atoms with van der Waals surface area (Å²) >= 11 is 0. The molecule has 0 amide bonds. The molecule has 0 saturated heterocycles. The van der Waals surface area contributed by atoms with Crippen LogP contribution in [-0.2, 0) is 6.42 Å². The van der Waals surface area contributed by atoms with E-state index in [4.69, 9.17) is 15.2 Å². The van der Waals surface area contributed by atoms with E-state index in [1.807, 2.05) is 42.5 Å². The van der Waals surface area contributed by atoms with Crippen LogP contribution in [0.25, 0.3) is 0 Å². The van der Waals surface area contributed by atoms with Crippen LogP contribution < -0.4 is 15.2 Å². The van der Waals surface area contributed by atoms with Crippen LogP contribution in [-0.4, -0.2) is 12.7 Å². The third kappa shape index (κ3) is 2.25. The Hall–Kier alpha value is -2.16. The number of para-hydroxylation sites is 1. The molecule has 2 aromatic rings. The molecule has 0 fully saturated rings. The number of fused-ring (bicyclic) bond motifs is 1. The van der Waals surface area contributed by atoms with Gasteiger partial charge in [-0.3, -0.25) is 0 Å². The molecule has 3 nitrogen and oxygen atoms in total. The molecule has 2 N–H and O–H groups in total. The first-order valence-corrected chi connectivity index (χ1v) is 6.04. The molecular formula is C15H15NO2. The topological polar surface area (TPSA) is 44.5 Å². The maximum absolute atomic E-state index is 5.80. The van der Waals surface area contributed by atoms with E-state index >= 15 is 0 Å². The van der Waals surface area contributed by atoms with E-state index in [1.54, 1.807) is 0 Å². The quantitative estimate of drug-likeness (QED) is 0.840. The summed E-state index contributed by atoms with van der Waals surface area (Å²) in [6, 6.07) is 15.6. The first-order valence-electron chi connectivity index (χ1n) is 6.04. The minimum absolute atomic E-state index is 0.0869. The number of nitrogen functional groups attached to an aromatic ring is 1. The van der Waals surface area contributed by atoms with Crippen molar-refractivity contribution in [1.82, 2.24) is 0 Å². The summed E-state index contributed by atoms with van der Waals surface area (Å²) in [4.78, 5) is 0. The lowest BCUT2D eigenvalue weighted by Gasteiger charge is -2.12. The average molecular weight is 241 g/mol. The van der Waals surface area contributed by atoms with E-state index in [1.165, 1.54) is 5.56 Å². The van der Waals surface area contributed by atoms with E-state index in [-0.39, 0.29) is 6.10 Å². The fraction of sp³-hybridized carbons (Fsp3) is 0.200. The van der Waals surface area contributed by atoms with Crippen molar-refractivity contribution < 1.29 is 9.47 Å². The van der Waals surface area contributed by atoms with Gasteiger partial charge in [0.25, 0.3) is 0 Å². The second kappa shape index (κ2) is 4.61. The lowest BCUT2D eigenvalue weighted by atomic mass is 10.1. The van der Waals surface area contributed by atoms with E-state index in [9.17, 15) is 0 Å². The van der Waals surface area contributed by atoms with Crippen LogP contribution in [0.2, 0.25) is 0 Å². The highest BCUT2D eigenvalue weighted by molar-refractivity contribution is 5.43. The third-order valence-corrected chi connectivity index (χ3v) is 3.01. The number of hydrogen-bond donors (Lipinski definition) is 1. The van der Waals surface area contributed by atoms with Gasteiger partial charge in [-0.25, -0.2) is 0 Å². The number of rotatable bonds is 3. The van der Waals surface area contributed by atoms with E-state index < -0.39 is 0 Å². The van der Waals surface area contributed by atoms with Gasteiger partial charge in [0.15, 0.2) is 0 Å². The van der Waals surface area contributed by atoms with Crippen LogP contribution in [0.5, 0.6) is 11.5 Å². The van der Waals surface area contributed by atoms with Crippen molar-refractivity contribution in [3.63, 3.8) is 0 Å². The predicted octanol–water partition coefficient (Wildman–Crippen LogP) is 2.65. The Morgan fingerprint density at radius 2 is 2.06 bits per heavy atom. The van der Waals surface area contributed by atoms with E-state index in [0.717, 1.165) is 17.9 Å². The molecule has 3 rings (SSSR count). The van der Waals surface area contributed by atoms with Crippen LogP contribution >= 0.6 is 0 Å². The van der Waals surface area contributed by atoms with Gasteiger partial charge in [0.05, 0.1) is 0 Å². The molecule has 0 aromatic heterocycles. The van der Waals surface area contributed by atoms with Gasteiger partial charge in [-0.15, -0.1) is 0 Å². The van der Waals surface area contributed by atoms with Gasteiger partial charge in [0.2, 0.25) is 0 Å². The van der Waals surface area contributed by atoms with Gasteiger partial charge in [0, 0.05) is 18.2 Å². The van der Waals surface area contributed by atoms with Crippen molar-refractivity contribution in [2.45, 2.75) is 12.5 Å². The van der Waals surface area contributed by atoms with Crippen LogP contribution in [0.1, 0.15) is 5.56 Å². The average Bonchev–Trinajstić information content (AvgIpc) is 2.79. The number of nitrogens with two attached hydrogens (primary N) is 1. The van der Waals surface area contributed by atoms with Crippen molar-refractivity contribution in [1.29, 1.82) is 0 Å². The van der Waals surface area contributed by atoms with Crippen LogP contribution in [0.3, 0.4) is 0 Å². The molecule has 1 heterocycles. The highest BCUT2D eigenvalue weighted by Crippen LogP contribution is 2.28. The van der Waals surface area contributed by atoms with Crippen molar-refractivity contribution in [3.8, 4) is 11.5 Å². The van der Waals surface area contributed by atoms with Crippen LogP contribution in [0, 0.1) is 0 Å². The van der Waals surface area contributed by atoms with E-state index in [0.29, 0.717) is 12.3 Å². The highest BCUT2D eigenvalue weighted by Gasteiger charge is 2.22. The van der Waals surface area contributed by atoms with Gasteiger partial charge >= 0.3 is 0 Å². The lowest BCUT2D eigenvalue weighted by molar-refractivity contribution is 0.148. The summed E-state index contributed by atoms with van der Waals surface area (Å²) in [5.74, 6) is 1.76. The van der Waals surface area contributed by atoms with Crippen molar-refractivity contribution in [2.24, 2.45) is 0 Å². The van der Waals surface area contributed by atoms with E-state index in [2.05, 4.69) is 6.07 Å². The minimum atomic E-state index is 0.0869. The molecule has 1 unspecified atom stereocenters. The summed E-state index contributed by atoms with van der Waals surface area (Å²) in [5, 5.41) is 0. The molecule has 92 valence electrons. The number of hydrogen-bond acceptors (Lipinski definition) is 3. The largest absolute Gasteiger partial charge is 0.490 e. The number of benzene rings is 2. The Balaban J connectivity index is 1.60.